The summed E-state index contributed by atoms with van der Waals surface area (Å²) in [7, 11) is 0. The Morgan fingerprint density at radius 3 is 2.73 bits per heavy atom. The summed E-state index contributed by atoms with van der Waals surface area (Å²) in [6.45, 7) is 0. The van der Waals surface area contributed by atoms with Crippen molar-refractivity contribution in [3.05, 3.63) is 29.8 Å². The third kappa shape index (κ3) is 1.31. The maximum absolute atomic E-state index is 5.89. The normalized spacial score (nSPS) is 19.1. The summed E-state index contributed by atoms with van der Waals surface area (Å²) in [5.74, 6) is 0. The summed E-state index contributed by atoms with van der Waals surface area (Å²) in [5, 5.41) is 3.00. The zero-order valence-corrected chi connectivity index (χ0v) is 7.28. The molecule has 0 aromatic heterocycles. The summed E-state index contributed by atoms with van der Waals surface area (Å²) < 4.78 is -0.802. The van der Waals surface area contributed by atoms with Gasteiger partial charge >= 0.3 is 0 Å². The molecule has 0 fully saturated rings. The Bertz CT molecular complexity index is 256. The van der Waals surface area contributed by atoms with Gasteiger partial charge in [0, 0.05) is 12.1 Å². The van der Waals surface area contributed by atoms with E-state index in [1.807, 2.05) is 24.3 Å². The largest absolute Gasteiger partial charge is 0.354 e. The highest BCUT2D eigenvalue weighted by Gasteiger charge is 2.31. The van der Waals surface area contributed by atoms with Crippen LogP contribution in [-0.2, 0) is 6.42 Å². The van der Waals surface area contributed by atoms with Crippen LogP contribution in [0, 0.1) is 0 Å². The number of para-hydroxylation sites is 1. The van der Waals surface area contributed by atoms with Crippen molar-refractivity contribution in [2.75, 3.05) is 5.32 Å². The molecule has 1 N–H and O–H groups in total. The second-order valence-corrected chi connectivity index (χ2v) is 4.15. The molecule has 1 aromatic carbocycles. The molecule has 1 aliphatic rings. The number of alkyl halides is 2. The number of anilines is 1. The first-order valence-corrected chi connectivity index (χ1v) is 4.17. The van der Waals surface area contributed by atoms with Crippen molar-refractivity contribution >= 4 is 28.9 Å². The van der Waals surface area contributed by atoms with Gasteiger partial charge in [-0.15, -0.1) is 0 Å². The molecule has 1 heterocycles. The van der Waals surface area contributed by atoms with Crippen molar-refractivity contribution in [1.29, 1.82) is 0 Å². The quantitative estimate of drug-likeness (QED) is 0.487. The summed E-state index contributed by atoms with van der Waals surface area (Å²) in [5.41, 5.74) is 2.22. The lowest BCUT2D eigenvalue weighted by Crippen LogP contribution is -2.19. The third-order valence-corrected chi connectivity index (χ3v) is 2.20. The highest BCUT2D eigenvalue weighted by molar-refractivity contribution is 6.50. The fourth-order valence-electron chi connectivity index (χ4n) is 1.28. The lowest BCUT2D eigenvalue weighted by molar-refractivity contribution is 0.932. The monoisotopic (exact) mass is 187 g/mol. The Labute approximate surface area is 75.3 Å². The van der Waals surface area contributed by atoms with E-state index in [9.17, 15) is 0 Å². The molecule has 2 rings (SSSR count). The fourth-order valence-corrected chi connectivity index (χ4v) is 1.77. The molecule has 0 atom stereocenters. The van der Waals surface area contributed by atoms with Crippen molar-refractivity contribution in [2.24, 2.45) is 0 Å². The molecular formula is C8H7Cl2N. The van der Waals surface area contributed by atoms with E-state index in [-0.39, 0.29) is 0 Å². The molecule has 0 radical (unpaired) electrons. The lowest BCUT2D eigenvalue weighted by atomic mass is 10.2. The molecule has 0 amide bonds. The first-order chi connectivity index (χ1) is 5.17. The highest BCUT2D eigenvalue weighted by atomic mass is 35.5. The Morgan fingerprint density at radius 1 is 1.27 bits per heavy atom. The van der Waals surface area contributed by atoms with E-state index in [0.717, 1.165) is 5.69 Å². The predicted molar refractivity (Wildman–Crippen MR) is 48.2 cm³/mol. The van der Waals surface area contributed by atoms with Crippen LogP contribution < -0.4 is 5.32 Å². The van der Waals surface area contributed by atoms with Gasteiger partial charge in [0.05, 0.1) is 0 Å². The van der Waals surface area contributed by atoms with Crippen LogP contribution in [0.2, 0.25) is 0 Å². The number of rotatable bonds is 0. The van der Waals surface area contributed by atoms with Gasteiger partial charge in [-0.2, -0.15) is 0 Å². The summed E-state index contributed by atoms with van der Waals surface area (Å²) >= 11 is 11.8. The van der Waals surface area contributed by atoms with Crippen molar-refractivity contribution in [2.45, 2.75) is 10.9 Å². The predicted octanol–water partition coefficient (Wildman–Crippen LogP) is 2.79. The van der Waals surface area contributed by atoms with Gasteiger partial charge in [0.25, 0.3) is 0 Å². The number of hydrogen-bond donors (Lipinski definition) is 1. The standard InChI is InChI=1S/C8H7Cl2N/c9-8(10)5-6-3-1-2-4-7(6)11-8/h1-4,11H,5H2. The van der Waals surface area contributed by atoms with Crippen molar-refractivity contribution in [1.82, 2.24) is 0 Å². The van der Waals surface area contributed by atoms with E-state index in [0.29, 0.717) is 6.42 Å². The second-order valence-electron chi connectivity index (χ2n) is 2.66. The van der Waals surface area contributed by atoms with Crippen LogP contribution in [0.1, 0.15) is 5.56 Å². The smallest absolute Gasteiger partial charge is 0.192 e. The second kappa shape index (κ2) is 2.29. The van der Waals surface area contributed by atoms with Crippen LogP contribution in [0.5, 0.6) is 0 Å². The van der Waals surface area contributed by atoms with Gasteiger partial charge in [-0.1, -0.05) is 41.4 Å². The fraction of sp³-hybridized carbons (Fsp3) is 0.250. The summed E-state index contributed by atoms with van der Waals surface area (Å²) in [6, 6.07) is 7.94. The first kappa shape index (κ1) is 7.26. The zero-order chi connectivity index (χ0) is 7.90. The van der Waals surface area contributed by atoms with Crippen LogP contribution >= 0.6 is 23.2 Å². The molecule has 1 nitrogen and oxygen atoms in total. The molecule has 1 aliphatic heterocycles. The highest BCUT2D eigenvalue weighted by Crippen LogP contribution is 2.37. The Morgan fingerprint density at radius 2 is 2.00 bits per heavy atom. The molecule has 0 bridgehead atoms. The molecule has 11 heavy (non-hydrogen) atoms. The number of halogens is 2. The van der Waals surface area contributed by atoms with Crippen molar-refractivity contribution < 1.29 is 0 Å². The average Bonchev–Trinajstić information content (AvgIpc) is 2.21. The molecule has 1 aromatic rings. The lowest BCUT2D eigenvalue weighted by Gasteiger charge is -2.11. The molecule has 3 heteroatoms. The number of benzene rings is 1. The molecule has 0 saturated carbocycles. The van der Waals surface area contributed by atoms with Crippen LogP contribution in [0.15, 0.2) is 24.3 Å². The Balaban J connectivity index is 2.41. The van der Waals surface area contributed by atoms with Gasteiger partial charge in [0.15, 0.2) is 4.46 Å². The minimum absolute atomic E-state index is 0.673. The van der Waals surface area contributed by atoms with Crippen LogP contribution in [0.4, 0.5) is 5.69 Å². The summed E-state index contributed by atoms with van der Waals surface area (Å²) in [4.78, 5) is 0. The Hall–Kier alpha value is -0.400. The molecule has 0 saturated heterocycles. The van der Waals surface area contributed by atoms with E-state index in [1.165, 1.54) is 5.56 Å². The summed E-state index contributed by atoms with van der Waals surface area (Å²) in [6.07, 6.45) is 0.673. The van der Waals surface area contributed by atoms with Crippen LogP contribution in [-0.4, -0.2) is 4.46 Å². The number of fused-ring (bicyclic) bond motifs is 1. The van der Waals surface area contributed by atoms with E-state index in [1.54, 1.807) is 0 Å². The third-order valence-electron chi connectivity index (χ3n) is 1.75. The minimum Gasteiger partial charge on any atom is -0.354 e. The minimum atomic E-state index is -0.802. The number of nitrogens with one attached hydrogen (secondary N) is 1. The van der Waals surface area contributed by atoms with Gasteiger partial charge in [0.2, 0.25) is 0 Å². The maximum Gasteiger partial charge on any atom is 0.192 e. The average molecular weight is 188 g/mol. The van der Waals surface area contributed by atoms with Crippen molar-refractivity contribution in [3.8, 4) is 0 Å². The van der Waals surface area contributed by atoms with E-state index in [4.69, 9.17) is 23.2 Å². The van der Waals surface area contributed by atoms with Gasteiger partial charge in [0.1, 0.15) is 0 Å². The molecule has 0 aliphatic carbocycles. The SMILES string of the molecule is ClC1(Cl)Cc2ccccc2N1. The van der Waals surface area contributed by atoms with Gasteiger partial charge < -0.3 is 5.32 Å². The number of hydrogen-bond acceptors (Lipinski definition) is 1. The zero-order valence-electron chi connectivity index (χ0n) is 5.77. The first-order valence-electron chi connectivity index (χ1n) is 3.41. The molecule has 0 unspecified atom stereocenters. The van der Waals surface area contributed by atoms with E-state index < -0.39 is 4.46 Å². The Kier molecular flexibility index (Phi) is 1.51. The van der Waals surface area contributed by atoms with Crippen LogP contribution in [0.3, 0.4) is 0 Å². The van der Waals surface area contributed by atoms with Crippen molar-refractivity contribution in [3.63, 3.8) is 0 Å². The van der Waals surface area contributed by atoms with Gasteiger partial charge in [-0.25, -0.2) is 0 Å². The maximum atomic E-state index is 5.89. The van der Waals surface area contributed by atoms with E-state index in [2.05, 4.69) is 5.32 Å². The van der Waals surface area contributed by atoms with E-state index >= 15 is 0 Å². The molecule has 0 spiro atoms. The topological polar surface area (TPSA) is 12.0 Å². The van der Waals surface area contributed by atoms with Gasteiger partial charge in [-0.05, 0) is 11.6 Å². The van der Waals surface area contributed by atoms with Crippen LogP contribution in [0.25, 0.3) is 0 Å². The van der Waals surface area contributed by atoms with Gasteiger partial charge in [-0.3, -0.25) is 0 Å². The molecule has 58 valence electrons. The molecular weight excluding hydrogens is 181 g/mol.